The molecule has 0 aromatic heterocycles. The zero-order chi connectivity index (χ0) is 21.8. The molecular weight excluding hydrogens is 421 g/mol. The Hall–Kier alpha value is -2.22. The van der Waals surface area contributed by atoms with Gasteiger partial charge in [0, 0.05) is 37.5 Å². The van der Waals surface area contributed by atoms with Gasteiger partial charge >= 0.3 is 0 Å². The Bertz CT molecular complexity index is 891. The summed E-state index contributed by atoms with van der Waals surface area (Å²) in [6, 6.07) is 2.64. The highest BCUT2D eigenvalue weighted by Crippen LogP contribution is 2.40. The molecule has 1 aromatic carbocycles. The molecule has 1 unspecified atom stereocenters. The number of halogens is 4. The van der Waals surface area contributed by atoms with Crippen LogP contribution in [-0.2, 0) is 0 Å². The number of hydrogen-bond acceptors (Lipinski definition) is 4. The number of anilines is 1. The van der Waals surface area contributed by atoms with Gasteiger partial charge in [0.2, 0.25) is 0 Å². The Balaban J connectivity index is 2.55. The van der Waals surface area contributed by atoms with E-state index in [9.17, 15) is 13.6 Å². The molecule has 2 N–H and O–H groups in total. The maximum absolute atomic E-state index is 14.7. The van der Waals surface area contributed by atoms with Crippen molar-refractivity contribution in [1.29, 1.82) is 0 Å². The summed E-state index contributed by atoms with van der Waals surface area (Å²) in [7, 11) is 3.45. The molecule has 1 aliphatic rings. The molecule has 1 heterocycles. The number of aldehydes is 1. The largest absolute Gasteiger partial charge is 0.374 e. The first kappa shape index (κ1) is 23.1. The molecule has 0 bridgehead atoms. The molecule has 2 rings (SSSR count). The lowest BCUT2D eigenvalue weighted by atomic mass is 9.86. The fourth-order valence-corrected chi connectivity index (χ4v) is 3.54. The number of rotatable bonds is 8. The second-order valence-corrected chi connectivity index (χ2v) is 7.69. The van der Waals surface area contributed by atoms with E-state index >= 15 is 0 Å². The van der Waals surface area contributed by atoms with Crippen LogP contribution in [0.1, 0.15) is 16.8 Å². The Morgan fingerprint density at radius 1 is 1.38 bits per heavy atom. The molecule has 0 amide bonds. The smallest absolute Gasteiger partial charge is 0.152 e. The van der Waals surface area contributed by atoms with Crippen LogP contribution in [-0.4, -0.2) is 50.2 Å². The van der Waals surface area contributed by atoms with Crippen LogP contribution in [0.25, 0.3) is 0 Å². The molecule has 0 spiro atoms. The van der Waals surface area contributed by atoms with E-state index < -0.39 is 17.2 Å². The van der Waals surface area contributed by atoms with Crippen LogP contribution in [0.4, 0.5) is 20.2 Å². The molecule has 1 aliphatic heterocycles. The van der Waals surface area contributed by atoms with E-state index in [1.54, 1.807) is 19.0 Å². The van der Waals surface area contributed by atoms with Crippen LogP contribution in [0.5, 0.6) is 0 Å². The third-order valence-electron chi connectivity index (χ3n) is 4.38. The SMILES string of the molecule is C=C(Cl)/C(Cl)=C(\C(=C)F)C1(Nc2cc(F)c(N=CN(C)C)c(C=O)c2)CCNC1. The van der Waals surface area contributed by atoms with Crippen molar-refractivity contribution in [3.05, 3.63) is 58.1 Å². The average molecular weight is 443 g/mol. The lowest BCUT2D eigenvalue weighted by Gasteiger charge is -2.34. The Morgan fingerprint density at radius 3 is 2.55 bits per heavy atom. The number of benzene rings is 1. The topological polar surface area (TPSA) is 56.7 Å². The van der Waals surface area contributed by atoms with Crippen LogP contribution >= 0.6 is 23.2 Å². The molecule has 9 heteroatoms. The standard InChI is InChI=1S/C20H22Cl2F2N4O/c1-12(21)18(22)17(13(2)23)20(5-6-25-10-20)27-15-7-14(9-29)19(16(24)8-15)26-11-28(3)4/h7-9,11,25,27H,1-2,5-6,10H2,3-4H3/b18-17-,26-11?. The molecule has 0 saturated carbocycles. The maximum atomic E-state index is 14.7. The van der Waals surface area contributed by atoms with Gasteiger partial charge in [-0.1, -0.05) is 36.4 Å². The van der Waals surface area contributed by atoms with Gasteiger partial charge in [0.25, 0.3) is 0 Å². The summed E-state index contributed by atoms with van der Waals surface area (Å²) in [4.78, 5) is 17.1. The molecule has 156 valence electrons. The predicted molar refractivity (Wildman–Crippen MR) is 116 cm³/mol. The first-order valence-electron chi connectivity index (χ1n) is 8.69. The Morgan fingerprint density at radius 2 is 2.07 bits per heavy atom. The van der Waals surface area contributed by atoms with Crippen molar-refractivity contribution in [3.63, 3.8) is 0 Å². The van der Waals surface area contributed by atoms with E-state index in [1.165, 1.54) is 18.5 Å². The summed E-state index contributed by atoms with van der Waals surface area (Å²) < 4.78 is 29.1. The second kappa shape index (κ2) is 9.52. The minimum Gasteiger partial charge on any atom is -0.374 e. The van der Waals surface area contributed by atoms with Gasteiger partial charge in [0.15, 0.2) is 12.1 Å². The zero-order valence-electron chi connectivity index (χ0n) is 16.2. The van der Waals surface area contributed by atoms with Crippen LogP contribution in [0, 0.1) is 5.82 Å². The first-order valence-corrected chi connectivity index (χ1v) is 9.45. The fraction of sp³-hybridized carbons (Fsp3) is 0.300. The van der Waals surface area contributed by atoms with Crippen LogP contribution in [0.3, 0.4) is 0 Å². The third-order valence-corrected chi connectivity index (χ3v) is 5.09. The van der Waals surface area contributed by atoms with Crippen molar-refractivity contribution in [2.45, 2.75) is 12.0 Å². The molecule has 0 aliphatic carbocycles. The summed E-state index contributed by atoms with van der Waals surface area (Å²) in [5.74, 6) is -1.48. The van der Waals surface area contributed by atoms with Gasteiger partial charge in [-0.2, -0.15) is 0 Å². The minimum absolute atomic E-state index is 0.0342. The quantitative estimate of drug-likeness (QED) is 0.264. The van der Waals surface area contributed by atoms with Crippen molar-refractivity contribution in [1.82, 2.24) is 10.2 Å². The third kappa shape index (κ3) is 5.23. The van der Waals surface area contributed by atoms with Gasteiger partial charge in [-0.15, -0.1) is 0 Å². The van der Waals surface area contributed by atoms with Gasteiger partial charge in [-0.3, -0.25) is 4.79 Å². The van der Waals surface area contributed by atoms with E-state index in [2.05, 4.69) is 28.8 Å². The number of carbonyl (C=O) groups excluding carboxylic acids is 1. The van der Waals surface area contributed by atoms with Crippen LogP contribution in [0.2, 0.25) is 0 Å². The summed E-state index contributed by atoms with van der Waals surface area (Å²) in [5, 5.41) is 6.12. The number of nitrogens with zero attached hydrogens (tertiary/aromatic N) is 2. The van der Waals surface area contributed by atoms with Crippen molar-refractivity contribution < 1.29 is 13.6 Å². The molecular formula is C20H22Cl2F2N4O. The number of aliphatic imine (C=N–C) groups is 1. The first-order chi connectivity index (χ1) is 13.6. The van der Waals surface area contributed by atoms with E-state index in [0.717, 1.165) is 0 Å². The molecule has 5 nitrogen and oxygen atoms in total. The second-order valence-electron chi connectivity index (χ2n) is 6.85. The minimum atomic E-state index is -1.05. The van der Waals surface area contributed by atoms with Crippen molar-refractivity contribution in [2.24, 2.45) is 4.99 Å². The number of allylic oxidation sites excluding steroid dienone is 2. The van der Waals surface area contributed by atoms with Crippen LogP contribution < -0.4 is 10.6 Å². The average Bonchev–Trinajstić information content (AvgIpc) is 3.08. The van der Waals surface area contributed by atoms with E-state index in [-0.39, 0.29) is 39.1 Å². The molecule has 1 atom stereocenters. The molecule has 1 aromatic rings. The highest BCUT2D eigenvalue weighted by atomic mass is 35.5. The predicted octanol–water partition coefficient (Wildman–Crippen LogP) is 4.73. The fourth-order valence-electron chi connectivity index (χ4n) is 3.17. The van der Waals surface area contributed by atoms with E-state index in [1.807, 2.05) is 0 Å². The number of nitrogens with one attached hydrogen (secondary N) is 2. The normalized spacial score (nSPS) is 19.8. The van der Waals surface area contributed by atoms with Crippen molar-refractivity contribution in [3.8, 4) is 0 Å². The lowest BCUT2D eigenvalue weighted by Crippen LogP contribution is -2.43. The van der Waals surface area contributed by atoms with Crippen molar-refractivity contribution >= 4 is 47.2 Å². The van der Waals surface area contributed by atoms with Crippen LogP contribution in [0.15, 0.2) is 51.7 Å². The van der Waals surface area contributed by atoms with E-state index in [4.69, 9.17) is 23.2 Å². The van der Waals surface area contributed by atoms with Gasteiger partial charge < -0.3 is 15.5 Å². The summed E-state index contributed by atoms with van der Waals surface area (Å²) in [6.07, 6.45) is 2.32. The maximum Gasteiger partial charge on any atom is 0.152 e. The van der Waals surface area contributed by atoms with Crippen molar-refractivity contribution in [2.75, 3.05) is 32.5 Å². The van der Waals surface area contributed by atoms with Gasteiger partial charge in [-0.05, 0) is 25.1 Å². The molecule has 1 fully saturated rings. The Kier molecular flexibility index (Phi) is 7.57. The van der Waals surface area contributed by atoms with Gasteiger partial charge in [0.05, 0.1) is 21.9 Å². The van der Waals surface area contributed by atoms with Gasteiger partial charge in [0.1, 0.15) is 11.5 Å². The summed E-state index contributed by atoms with van der Waals surface area (Å²) in [5.41, 5.74) is -0.797. The molecule has 1 saturated heterocycles. The highest BCUT2D eigenvalue weighted by molar-refractivity contribution is 6.44. The number of carbonyl (C=O) groups is 1. The van der Waals surface area contributed by atoms with Gasteiger partial charge in [-0.25, -0.2) is 13.8 Å². The zero-order valence-corrected chi connectivity index (χ0v) is 17.7. The molecule has 0 radical (unpaired) electrons. The highest BCUT2D eigenvalue weighted by Gasteiger charge is 2.41. The monoisotopic (exact) mass is 442 g/mol. The number of hydrogen-bond donors (Lipinski definition) is 2. The Labute approximate surface area is 178 Å². The van der Waals surface area contributed by atoms with E-state index in [0.29, 0.717) is 19.3 Å². The lowest BCUT2D eigenvalue weighted by molar-refractivity contribution is 0.112. The summed E-state index contributed by atoms with van der Waals surface area (Å²) >= 11 is 12.1. The summed E-state index contributed by atoms with van der Waals surface area (Å²) in [6.45, 7) is 7.75. The molecule has 29 heavy (non-hydrogen) atoms.